The summed E-state index contributed by atoms with van der Waals surface area (Å²) in [6.45, 7) is -0.300. The lowest BCUT2D eigenvalue weighted by molar-refractivity contribution is -0.118. The summed E-state index contributed by atoms with van der Waals surface area (Å²) in [5.74, 6) is 0.311. The quantitative estimate of drug-likeness (QED) is 0.506. The monoisotopic (exact) mass is 513 g/mol. The topological polar surface area (TPSA) is 90.3 Å². The molecule has 1 N–H and O–H groups in total. The summed E-state index contributed by atoms with van der Waals surface area (Å²) in [4.78, 5) is 12.6. The number of carbonyl (C=O) groups is 1. The van der Waals surface area contributed by atoms with E-state index in [4.69, 9.17) is 39.5 Å². The minimum atomic E-state index is -3.15. The van der Waals surface area contributed by atoms with E-state index in [2.05, 4.69) is 10.4 Å². The number of nitrogens with one attached hydrogen (secondary N) is 1. The lowest BCUT2D eigenvalue weighted by atomic mass is 10.1. The minimum absolute atomic E-state index is 0.0332. The molecule has 0 bridgehead atoms. The van der Waals surface area contributed by atoms with E-state index < -0.39 is 15.7 Å². The van der Waals surface area contributed by atoms with Crippen LogP contribution < -0.4 is 10.1 Å². The average Bonchev–Trinajstić information content (AvgIpc) is 3.30. The molecule has 3 aromatic rings. The van der Waals surface area contributed by atoms with Crippen molar-refractivity contribution in [3.63, 3.8) is 0 Å². The number of ether oxygens (including phenoxy) is 1. The molecule has 2 aromatic carbocycles. The highest BCUT2D eigenvalue weighted by molar-refractivity contribution is 7.91. The van der Waals surface area contributed by atoms with Crippen LogP contribution in [0.1, 0.15) is 12.5 Å². The average molecular weight is 515 g/mol. The normalized spacial score (nSPS) is 17.3. The molecule has 11 heteroatoms. The SMILES string of the molecule is O=C(COc1ccc(Cl)cc1Cl)Nc1cc(-c2ccc(Cl)cc2)nn1[C@@H]1CCS(=O)(=O)C1. The van der Waals surface area contributed by atoms with Crippen molar-refractivity contribution in [2.45, 2.75) is 12.5 Å². The van der Waals surface area contributed by atoms with Gasteiger partial charge in [-0.05, 0) is 36.8 Å². The highest BCUT2D eigenvalue weighted by atomic mass is 35.5. The van der Waals surface area contributed by atoms with Gasteiger partial charge in [0.25, 0.3) is 5.91 Å². The maximum absolute atomic E-state index is 12.6. The molecule has 0 aliphatic carbocycles. The zero-order chi connectivity index (χ0) is 22.9. The van der Waals surface area contributed by atoms with E-state index in [0.29, 0.717) is 33.7 Å². The number of anilines is 1. The third-order valence-electron chi connectivity index (χ3n) is 4.95. The number of sulfone groups is 1. The summed E-state index contributed by atoms with van der Waals surface area (Å²) < 4.78 is 31.0. The van der Waals surface area contributed by atoms with E-state index >= 15 is 0 Å². The summed E-state index contributed by atoms with van der Waals surface area (Å²) >= 11 is 17.9. The fraction of sp³-hybridized carbons (Fsp3) is 0.238. The molecule has 32 heavy (non-hydrogen) atoms. The van der Waals surface area contributed by atoms with E-state index in [0.717, 1.165) is 5.56 Å². The third kappa shape index (κ3) is 5.38. The number of halogens is 3. The van der Waals surface area contributed by atoms with Gasteiger partial charge in [-0.25, -0.2) is 13.1 Å². The maximum Gasteiger partial charge on any atom is 0.263 e. The number of aromatic nitrogens is 2. The van der Waals surface area contributed by atoms with E-state index in [1.165, 1.54) is 6.07 Å². The van der Waals surface area contributed by atoms with Crippen molar-refractivity contribution in [2.75, 3.05) is 23.4 Å². The first-order chi connectivity index (χ1) is 15.2. The molecule has 1 aliphatic rings. The van der Waals surface area contributed by atoms with Crippen LogP contribution in [0.5, 0.6) is 5.75 Å². The molecule has 1 saturated heterocycles. The second-order valence-corrected chi connectivity index (χ2v) is 10.8. The number of nitrogens with zero attached hydrogens (tertiary/aromatic N) is 2. The number of amides is 1. The summed E-state index contributed by atoms with van der Waals surface area (Å²) in [7, 11) is -3.15. The van der Waals surface area contributed by atoms with Gasteiger partial charge in [0.05, 0.1) is 28.3 Å². The predicted octanol–water partition coefficient (Wildman–Crippen LogP) is 4.89. The van der Waals surface area contributed by atoms with Crippen molar-refractivity contribution >= 4 is 56.4 Å². The molecule has 1 fully saturated rings. The Kier molecular flexibility index (Phi) is 6.67. The largest absolute Gasteiger partial charge is 0.482 e. The van der Waals surface area contributed by atoms with Crippen LogP contribution in [0.2, 0.25) is 15.1 Å². The van der Waals surface area contributed by atoms with Crippen LogP contribution in [0.4, 0.5) is 5.82 Å². The summed E-state index contributed by atoms with van der Waals surface area (Å²) in [5, 5.41) is 8.66. The van der Waals surface area contributed by atoms with Crippen LogP contribution in [-0.2, 0) is 14.6 Å². The van der Waals surface area contributed by atoms with E-state index in [9.17, 15) is 13.2 Å². The standard InChI is InChI=1S/C21H18Cl3N3O4S/c22-14-3-1-13(2-4-14)18-10-20(27(26-18)16-7-8-32(29,30)12-16)25-21(28)11-31-19-6-5-15(23)9-17(19)24/h1-6,9-10,16H,7-8,11-12H2,(H,25,28)/t16-/m1/s1. The predicted molar refractivity (Wildman–Crippen MR) is 126 cm³/mol. The second kappa shape index (κ2) is 9.31. The first-order valence-corrected chi connectivity index (χ1v) is 12.6. The van der Waals surface area contributed by atoms with E-state index in [-0.39, 0.29) is 29.2 Å². The minimum Gasteiger partial charge on any atom is -0.482 e. The van der Waals surface area contributed by atoms with E-state index in [1.54, 1.807) is 47.1 Å². The van der Waals surface area contributed by atoms with Gasteiger partial charge in [0, 0.05) is 21.7 Å². The molecule has 0 spiro atoms. The summed E-state index contributed by atoms with van der Waals surface area (Å²) in [6.07, 6.45) is 0.420. The van der Waals surface area contributed by atoms with Gasteiger partial charge >= 0.3 is 0 Å². The zero-order valence-electron chi connectivity index (χ0n) is 16.6. The fourth-order valence-corrected chi connectivity index (χ4v) is 5.69. The van der Waals surface area contributed by atoms with Crippen molar-refractivity contribution < 1.29 is 17.9 Å². The zero-order valence-corrected chi connectivity index (χ0v) is 19.7. The fourth-order valence-electron chi connectivity index (χ4n) is 3.41. The van der Waals surface area contributed by atoms with Crippen molar-refractivity contribution in [3.05, 3.63) is 63.6 Å². The van der Waals surface area contributed by atoms with Crippen LogP contribution in [-0.4, -0.2) is 42.2 Å². The van der Waals surface area contributed by atoms with Crippen molar-refractivity contribution in [2.24, 2.45) is 0 Å². The molecule has 0 saturated carbocycles. The van der Waals surface area contributed by atoms with Gasteiger partial charge in [-0.3, -0.25) is 4.79 Å². The first-order valence-electron chi connectivity index (χ1n) is 9.64. The van der Waals surface area contributed by atoms with Crippen LogP contribution >= 0.6 is 34.8 Å². The van der Waals surface area contributed by atoms with Crippen LogP contribution in [0, 0.1) is 0 Å². The Balaban J connectivity index is 1.55. The van der Waals surface area contributed by atoms with Gasteiger partial charge in [0.1, 0.15) is 11.6 Å². The molecule has 1 aromatic heterocycles. The number of rotatable bonds is 6. The molecule has 0 radical (unpaired) electrons. The Morgan fingerprint density at radius 3 is 2.47 bits per heavy atom. The van der Waals surface area contributed by atoms with Crippen LogP contribution in [0.25, 0.3) is 11.3 Å². The highest BCUT2D eigenvalue weighted by Crippen LogP contribution is 2.31. The Morgan fingerprint density at radius 1 is 1.09 bits per heavy atom. The number of benzene rings is 2. The summed E-state index contributed by atoms with van der Waals surface area (Å²) in [6, 6.07) is 13.1. The summed E-state index contributed by atoms with van der Waals surface area (Å²) in [5.41, 5.74) is 1.37. The Bertz CT molecular complexity index is 1260. The molecule has 1 amide bonds. The molecule has 7 nitrogen and oxygen atoms in total. The molecule has 2 heterocycles. The third-order valence-corrected chi connectivity index (χ3v) is 7.48. The second-order valence-electron chi connectivity index (χ2n) is 7.33. The Labute approximate surface area is 200 Å². The molecule has 168 valence electrons. The van der Waals surface area contributed by atoms with Crippen LogP contribution in [0.15, 0.2) is 48.5 Å². The van der Waals surface area contributed by atoms with E-state index in [1.807, 2.05) is 0 Å². The van der Waals surface area contributed by atoms with Crippen molar-refractivity contribution in [3.8, 4) is 17.0 Å². The molecular weight excluding hydrogens is 497 g/mol. The maximum atomic E-state index is 12.6. The number of carbonyl (C=O) groups excluding carboxylic acids is 1. The first kappa shape index (κ1) is 22.9. The molecular formula is C21H18Cl3N3O4S. The van der Waals surface area contributed by atoms with Crippen LogP contribution in [0.3, 0.4) is 0 Å². The van der Waals surface area contributed by atoms with Crippen molar-refractivity contribution in [1.82, 2.24) is 9.78 Å². The highest BCUT2D eigenvalue weighted by Gasteiger charge is 2.31. The molecule has 1 atom stereocenters. The van der Waals surface area contributed by atoms with Gasteiger partial charge in [-0.1, -0.05) is 46.9 Å². The number of hydrogen-bond acceptors (Lipinski definition) is 5. The van der Waals surface area contributed by atoms with Crippen molar-refractivity contribution in [1.29, 1.82) is 0 Å². The molecule has 4 rings (SSSR count). The smallest absolute Gasteiger partial charge is 0.263 e. The molecule has 1 aliphatic heterocycles. The van der Waals surface area contributed by atoms with Gasteiger partial charge < -0.3 is 10.1 Å². The van der Waals surface area contributed by atoms with Gasteiger partial charge in [-0.15, -0.1) is 0 Å². The lowest BCUT2D eigenvalue weighted by Crippen LogP contribution is -2.23. The number of hydrogen-bond donors (Lipinski definition) is 1. The van der Waals surface area contributed by atoms with Gasteiger partial charge in [0.2, 0.25) is 0 Å². The lowest BCUT2D eigenvalue weighted by Gasteiger charge is -2.14. The van der Waals surface area contributed by atoms with Gasteiger partial charge in [-0.2, -0.15) is 5.10 Å². The Morgan fingerprint density at radius 2 is 1.81 bits per heavy atom. The Hall–Kier alpha value is -2.26. The van der Waals surface area contributed by atoms with Gasteiger partial charge in [0.15, 0.2) is 16.4 Å². The molecule has 0 unspecified atom stereocenters.